The highest BCUT2D eigenvalue weighted by atomic mass is 16.5. The number of aromatic amines is 1. The summed E-state index contributed by atoms with van der Waals surface area (Å²) in [6.45, 7) is -0.494. The van der Waals surface area contributed by atoms with Gasteiger partial charge in [-0.2, -0.15) is 0 Å². The molecule has 0 aliphatic carbocycles. The van der Waals surface area contributed by atoms with Gasteiger partial charge in [0.15, 0.2) is 6.04 Å². The largest absolute Gasteiger partial charge is 0.507 e. The number of phenols is 1. The number of nitrogens with one attached hydrogen (secondary N) is 5. The summed E-state index contributed by atoms with van der Waals surface area (Å²) in [6.07, 6.45) is 4.62. The highest BCUT2D eigenvalue weighted by Crippen LogP contribution is 2.21. The number of hydroxylamine groups is 2. The van der Waals surface area contributed by atoms with E-state index >= 15 is 0 Å². The summed E-state index contributed by atoms with van der Waals surface area (Å²) in [5, 5.41) is 40.4. The van der Waals surface area contributed by atoms with E-state index in [9.17, 15) is 39.4 Å². The summed E-state index contributed by atoms with van der Waals surface area (Å²) in [6, 6.07) is 0.417. The van der Waals surface area contributed by atoms with Gasteiger partial charge in [0.05, 0.1) is 18.5 Å². The zero-order valence-electron chi connectivity index (χ0n) is 26.1. The number of rotatable bonds is 16. The lowest BCUT2D eigenvalue weighted by Gasteiger charge is -2.29. The number of aliphatic imine (C=N–C) groups is 1. The van der Waals surface area contributed by atoms with Gasteiger partial charge in [0, 0.05) is 24.9 Å². The molecule has 260 valence electrons. The zero-order chi connectivity index (χ0) is 34.6. The highest BCUT2D eigenvalue weighted by Gasteiger charge is 2.35. The lowest BCUT2D eigenvalue weighted by molar-refractivity contribution is -0.173. The monoisotopic (exact) mass is 671 g/mol. The number of hydrogen-bond donors (Lipinski definition) is 9. The zero-order valence-corrected chi connectivity index (χ0v) is 26.1. The second-order valence-corrected chi connectivity index (χ2v) is 11.4. The minimum Gasteiger partial charge on any atom is -0.507 e. The standard InChI is InChI=1S/C30H41N9O9/c31-10-4-3-7-19(25(42)37-22(14-40)27(44)35-20-8-5-11-39(47)30(20)46)34-26(43)21(12-17-13-32-16-33-17)36-28(45)23-15-48-29(38-23)18-6-1-2-9-24(18)41/h1-2,6,9,13,16,19-23,40-41,47H,3-5,7-8,10-12,14-15,31H2,(H,32,33)(H,34,43)(H,35,44)(H,36,45)(H,37,42)/t19-,20+,21+,22+,23+/m1/s1. The third-order valence-corrected chi connectivity index (χ3v) is 7.83. The molecule has 3 heterocycles. The number of aromatic nitrogens is 2. The molecule has 1 saturated heterocycles. The van der Waals surface area contributed by atoms with Crippen molar-refractivity contribution in [3.8, 4) is 5.75 Å². The van der Waals surface area contributed by atoms with Crippen LogP contribution < -0.4 is 27.0 Å². The first-order valence-corrected chi connectivity index (χ1v) is 15.6. The average Bonchev–Trinajstić information content (AvgIpc) is 3.78. The van der Waals surface area contributed by atoms with Gasteiger partial charge >= 0.3 is 0 Å². The Kier molecular flexibility index (Phi) is 12.8. The van der Waals surface area contributed by atoms with Crippen molar-refractivity contribution in [2.45, 2.75) is 68.7 Å². The predicted molar refractivity (Wildman–Crippen MR) is 167 cm³/mol. The van der Waals surface area contributed by atoms with Gasteiger partial charge in [-0.05, 0) is 50.8 Å². The first-order valence-electron chi connectivity index (χ1n) is 15.6. The third-order valence-electron chi connectivity index (χ3n) is 7.83. The van der Waals surface area contributed by atoms with Crippen molar-refractivity contribution < 1.29 is 44.1 Å². The fourth-order valence-electron chi connectivity index (χ4n) is 5.17. The molecule has 2 aromatic rings. The normalized spacial score (nSPS) is 19.4. The summed E-state index contributed by atoms with van der Waals surface area (Å²) in [7, 11) is 0. The van der Waals surface area contributed by atoms with Gasteiger partial charge in [0.1, 0.15) is 36.5 Å². The number of phenolic OH excluding ortho intramolecular Hbond substituents is 1. The van der Waals surface area contributed by atoms with Gasteiger partial charge in [0.25, 0.3) is 5.91 Å². The molecular weight excluding hydrogens is 630 g/mol. The predicted octanol–water partition coefficient (Wildman–Crippen LogP) is -2.42. The van der Waals surface area contributed by atoms with Crippen LogP contribution in [0.1, 0.15) is 43.4 Å². The molecule has 5 amide bonds. The number of imidazole rings is 1. The van der Waals surface area contributed by atoms with Crippen LogP contribution in [0.3, 0.4) is 0 Å². The Labute approximate surface area is 275 Å². The van der Waals surface area contributed by atoms with Crippen LogP contribution in [0.5, 0.6) is 5.75 Å². The molecule has 0 bridgehead atoms. The van der Waals surface area contributed by atoms with Crippen LogP contribution in [0.4, 0.5) is 0 Å². The first-order chi connectivity index (χ1) is 23.1. The Morgan fingerprint density at radius 2 is 1.81 bits per heavy atom. The van der Waals surface area contributed by atoms with Crippen LogP contribution in [0, 0.1) is 0 Å². The van der Waals surface area contributed by atoms with Crippen molar-refractivity contribution in [1.29, 1.82) is 0 Å². The molecule has 10 N–H and O–H groups in total. The minimum absolute atomic E-state index is 0.0305. The number of H-pyrrole nitrogens is 1. The van der Waals surface area contributed by atoms with Crippen LogP contribution in [-0.4, -0.2) is 122 Å². The Morgan fingerprint density at radius 1 is 1.06 bits per heavy atom. The number of unbranched alkanes of at least 4 members (excludes halogenated alkanes) is 1. The number of para-hydroxylation sites is 1. The summed E-state index contributed by atoms with van der Waals surface area (Å²) < 4.78 is 5.54. The van der Waals surface area contributed by atoms with E-state index in [1.807, 2.05) is 0 Å². The molecule has 0 unspecified atom stereocenters. The molecule has 1 aromatic heterocycles. The number of carbonyl (C=O) groups is 5. The molecular formula is C30H41N9O9. The number of aromatic hydroxyl groups is 1. The topological polar surface area (TPSA) is 274 Å². The third kappa shape index (κ3) is 9.49. The van der Waals surface area contributed by atoms with Crippen molar-refractivity contribution in [2.24, 2.45) is 10.7 Å². The van der Waals surface area contributed by atoms with Gasteiger partial charge in [-0.25, -0.2) is 15.0 Å². The molecule has 0 radical (unpaired) electrons. The number of hydrogen-bond acceptors (Lipinski definition) is 12. The fourth-order valence-corrected chi connectivity index (χ4v) is 5.17. The molecule has 0 spiro atoms. The van der Waals surface area contributed by atoms with E-state index in [4.69, 9.17) is 10.5 Å². The van der Waals surface area contributed by atoms with Gasteiger partial charge < -0.3 is 46.9 Å². The first kappa shape index (κ1) is 35.8. The molecule has 1 fully saturated rings. The summed E-state index contributed by atoms with van der Waals surface area (Å²) in [5.74, 6) is -3.72. The van der Waals surface area contributed by atoms with Crippen molar-refractivity contribution in [3.05, 3.63) is 48.0 Å². The number of nitrogens with zero attached hydrogens (tertiary/aromatic N) is 3. The van der Waals surface area contributed by atoms with Crippen molar-refractivity contribution in [1.82, 2.24) is 36.3 Å². The number of nitrogens with two attached hydrogens (primary N) is 1. The van der Waals surface area contributed by atoms with Crippen LogP contribution in [0.2, 0.25) is 0 Å². The molecule has 48 heavy (non-hydrogen) atoms. The lowest BCUT2D eigenvalue weighted by Crippen LogP contribution is -2.60. The van der Waals surface area contributed by atoms with Gasteiger partial charge in [-0.15, -0.1) is 0 Å². The second kappa shape index (κ2) is 17.2. The molecule has 2 aliphatic heterocycles. The van der Waals surface area contributed by atoms with E-state index in [1.54, 1.807) is 18.2 Å². The van der Waals surface area contributed by atoms with Crippen molar-refractivity contribution >= 4 is 35.4 Å². The Morgan fingerprint density at radius 3 is 2.52 bits per heavy atom. The fraction of sp³-hybridized carbons (Fsp3) is 0.500. The molecule has 18 nitrogen and oxygen atoms in total. The molecule has 0 saturated carbocycles. The van der Waals surface area contributed by atoms with Crippen LogP contribution >= 0.6 is 0 Å². The lowest BCUT2D eigenvalue weighted by atomic mass is 10.0. The minimum atomic E-state index is -1.47. The number of ether oxygens (including phenoxy) is 1. The van der Waals surface area contributed by atoms with E-state index in [2.05, 4.69) is 36.2 Å². The maximum absolute atomic E-state index is 13.7. The molecule has 18 heteroatoms. The van der Waals surface area contributed by atoms with Crippen LogP contribution in [0.15, 0.2) is 41.8 Å². The smallest absolute Gasteiger partial charge is 0.268 e. The maximum atomic E-state index is 13.7. The van der Waals surface area contributed by atoms with E-state index in [-0.39, 0.29) is 44.1 Å². The molecule has 5 atom stereocenters. The SMILES string of the molecule is NCCCC[C@@H](NC(=O)[C@H](Cc1cnc[nH]1)NC(=O)[C@@H]1COC(c2ccccc2O)=N1)C(=O)N[C@@H](CO)C(=O)N[C@H]1CCCN(O)C1=O. The summed E-state index contributed by atoms with van der Waals surface area (Å²) in [5.41, 5.74) is 6.44. The quantitative estimate of drug-likeness (QED) is 0.0669. The Balaban J connectivity index is 1.45. The number of piperidine rings is 1. The molecule has 4 rings (SSSR count). The second-order valence-electron chi connectivity index (χ2n) is 11.4. The number of aliphatic hydroxyl groups excluding tert-OH is 1. The van der Waals surface area contributed by atoms with E-state index in [1.165, 1.54) is 18.6 Å². The number of aliphatic hydroxyl groups is 1. The van der Waals surface area contributed by atoms with E-state index in [0.29, 0.717) is 42.1 Å². The highest BCUT2D eigenvalue weighted by molar-refractivity contribution is 6.01. The van der Waals surface area contributed by atoms with Crippen molar-refractivity contribution in [2.75, 3.05) is 26.3 Å². The van der Waals surface area contributed by atoms with Crippen LogP contribution in [0.25, 0.3) is 0 Å². The Bertz CT molecular complexity index is 1470. The Hall–Kier alpha value is -5.07. The van der Waals surface area contributed by atoms with Crippen LogP contribution in [-0.2, 0) is 35.1 Å². The number of benzene rings is 1. The summed E-state index contributed by atoms with van der Waals surface area (Å²) in [4.78, 5) is 76.5. The van der Waals surface area contributed by atoms with Gasteiger partial charge in [0.2, 0.25) is 29.5 Å². The van der Waals surface area contributed by atoms with Gasteiger partial charge in [-0.1, -0.05) is 12.1 Å². The summed E-state index contributed by atoms with van der Waals surface area (Å²) >= 11 is 0. The van der Waals surface area contributed by atoms with Crippen molar-refractivity contribution in [3.63, 3.8) is 0 Å². The van der Waals surface area contributed by atoms with E-state index in [0.717, 1.165) is 0 Å². The molecule has 1 aromatic carbocycles. The molecule has 2 aliphatic rings. The average molecular weight is 672 g/mol. The maximum Gasteiger partial charge on any atom is 0.268 e. The number of carbonyl (C=O) groups excluding carboxylic acids is 5. The van der Waals surface area contributed by atoms with E-state index < -0.39 is 66.4 Å². The van der Waals surface area contributed by atoms with Gasteiger partial charge in [-0.3, -0.25) is 29.2 Å². The number of amides is 5.